The van der Waals surface area contributed by atoms with Crippen molar-refractivity contribution in [1.29, 1.82) is 0 Å². The third-order valence-electron chi connectivity index (χ3n) is 2.91. The van der Waals surface area contributed by atoms with E-state index in [-0.39, 0.29) is 23.6 Å². The van der Waals surface area contributed by atoms with Gasteiger partial charge in [-0.1, -0.05) is 18.2 Å². The predicted octanol–water partition coefficient (Wildman–Crippen LogP) is 2.25. The number of nitrogens with two attached hydrogens (primary N) is 1. The molecule has 0 saturated carbocycles. The number of hydrogen-bond acceptors (Lipinski definition) is 3. The summed E-state index contributed by atoms with van der Waals surface area (Å²) in [6, 6.07) is 10.8. The lowest BCUT2D eigenvalue weighted by molar-refractivity contribution is -0.118. The van der Waals surface area contributed by atoms with E-state index in [1.165, 1.54) is 24.3 Å². The Bertz CT molecular complexity index is 716. The zero-order valence-corrected chi connectivity index (χ0v) is 11.9. The van der Waals surface area contributed by atoms with E-state index >= 15 is 0 Å². The molecule has 0 aliphatic rings. The molecule has 0 unspecified atom stereocenters. The molecule has 3 N–H and O–H groups in total. The SMILES string of the molecule is Cc1ccc(NC(=O)COc2ccccc2C(N)=O)c(F)c1. The molecule has 0 bridgehead atoms. The van der Waals surface area contributed by atoms with Gasteiger partial charge in [-0.3, -0.25) is 9.59 Å². The summed E-state index contributed by atoms with van der Waals surface area (Å²) >= 11 is 0. The van der Waals surface area contributed by atoms with E-state index in [0.29, 0.717) is 0 Å². The zero-order valence-electron chi connectivity index (χ0n) is 11.9. The van der Waals surface area contributed by atoms with Crippen LogP contribution in [0.25, 0.3) is 0 Å². The van der Waals surface area contributed by atoms with E-state index in [9.17, 15) is 14.0 Å². The van der Waals surface area contributed by atoms with Gasteiger partial charge in [-0.15, -0.1) is 0 Å². The molecule has 2 aromatic rings. The van der Waals surface area contributed by atoms with Crippen LogP contribution in [0.15, 0.2) is 42.5 Å². The lowest BCUT2D eigenvalue weighted by Gasteiger charge is -2.10. The van der Waals surface area contributed by atoms with Crippen molar-refractivity contribution in [3.05, 3.63) is 59.4 Å². The second kappa shape index (κ2) is 6.71. The summed E-state index contributed by atoms with van der Waals surface area (Å²) in [4.78, 5) is 23.0. The molecule has 0 spiro atoms. The van der Waals surface area contributed by atoms with Crippen molar-refractivity contribution in [3.63, 3.8) is 0 Å². The Balaban J connectivity index is 2.00. The smallest absolute Gasteiger partial charge is 0.262 e. The van der Waals surface area contributed by atoms with Gasteiger partial charge in [0.25, 0.3) is 11.8 Å². The fourth-order valence-electron chi connectivity index (χ4n) is 1.85. The van der Waals surface area contributed by atoms with Gasteiger partial charge in [0, 0.05) is 0 Å². The van der Waals surface area contributed by atoms with Gasteiger partial charge in [-0.05, 0) is 36.8 Å². The van der Waals surface area contributed by atoms with E-state index in [1.54, 1.807) is 25.1 Å². The van der Waals surface area contributed by atoms with Crippen LogP contribution < -0.4 is 15.8 Å². The molecule has 0 aromatic heterocycles. The van der Waals surface area contributed by atoms with Crippen molar-refractivity contribution < 1.29 is 18.7 Å². The van der Waals surface area contributed by atoms with E-state index < -0.39 is 17.6 Å². The molecule has 0 atom stereocenters. The molecular formula is C16H15FN2O3. The summed E-state index contributed by atoms with van der Waals surface area (Å²) in [5.41, 5.74) is 6.21. The Morgan fingerprint density at radius 3 is 2.64 bits per heavy atom. The lowest BCUT2D eigenvalue weighted by Crippen LogP contribution is -2.22. The second-order valence-corrected chi connectivity index (χ2v) is 4.68. The number of nitrogens with one attached hydrogen (secondary N) is 1. The van der Waals surface area contributed by atoms with Crippen molar-refractivity contribution in [2.24, 2.45) is 5.73 Å². The van der Waals surface area contributed by atoms with Gasteiger partial charge in [-0.25, -0.2) is 4.39 Å². The molecule has 114 valence electrons. The average Bonchev–Trinajstić information content (AvgIpc) is 2.48. The number of amides is 2. The van der Waals surface area contributed by atoms with Crippen molar-refractivity contribution >= 4 is 17.5 Å². The number of halogens is 1. The molecule has 0 heterocycles. The molecular weight excluding hydrogens is 287 g/mol. The molecule has 5 nitrogen and oxygen atoms in total. The molecule has 6 heteroatoms. The Hall–Kier alpha value is -2.89. The van der Waals surface area contributed by atoms with Crippen molar-refractivity contribution in [1.82, 2.24) is 0 Å². The van der Waals surface area contributed by atoms with Crippen LogP contribution >= 0.6 is 0 Å². The standard InChI is InChI=1S/C16H15FN2O3/c1-10-6-7-13(12(17)8-10)19-15(20)9-22-14-5-3-2-4-11(14)16(18)21/h2-8H,9H2,1H3,(H2,18,21)(H,19,20). The van der Waals surface area contributed by atoms with Crippen LogP contribution in [0.1, 0.15) is 15.9 Å². The summed E-state index contributed by atoms with van der Waals surface area (Å²) in [7, 11) is 0. The first-order valence-corrected chi connectivity index (χ1v) is 6.55. The number of carbonyl (C=O) groups excluding carboxylic acids is 2. The number of aryl methyl sites for hydroxylation is 1. The molecule has 2 aromatic carbocycles. The minimum absolute atomic E-state index is 0.0717. The number of rotatable bonds is 5. The largest absolute Gasteiger partial charge is 0.483 e. The minimum Gasteiger partial charge on any atom is -0.483 e. The van der Waals surface area contributed by atoms with E-state index in [0.717, 1.165) is 5.56 Å². The summed E-state index contributed by atoms with van der Waals surface area (Å²) in [6.45, 7) is 1.39. The van der Waals surface area contributed by atoms with E-state index in [1.807, 2.05) is 0 Å². The molecule has 0 aliphatic heterocycles. The third kappa shape index (κ3) is 3.82. The first kappa shape index (κ1) is 15.5. The molecule has 0 fully saturated rings. The van der Waals surface area contributed by atoms with Crippen LogP contribution in [0.2, 0.25) is 0 Å². The highest BCUT2D eigenvalue weighted by molar-refractivity contribution is 5.96. The van der Waals surface area contributed by atoms with Crippen LogP contribution in [-0.2, 0) is 4.79 Å². The molecule has 0 radical (unpaired) electrons. The number of anilines is 1. The summed E-state index contributed by atoms with van der Waals surface area (Å²) < 4.78 is 18.9. The highest BCUT2D eigenvalue weighted by atomic mass is 19.1. The number of ether oxygens (including phenoxy) is 1. The maximum absolute atomic E-state index is 13.6. The number of hydrogen-bond donors (Lipinski definition) is 2. The van der Waals surface area contributed by atoms with Gasteiger partial charge < -0.3 is 15.8 Å². The first-order valence-electron chi connectivity index (χ1n) is 6.55. The highest BCUT2D eigenvalue weighted by Crippen LogP contribution is 2.18. The predicted molar refractivity (Wildman–Crippen MR) is 80.2 cm³/mol. The van der Waals surface area contributed by atoms with Crippen molar-refractivity contribution in [3.8, 4) is 5.75 Å². The maximum atomic E-state index is 13.6. The van der Waals surface area contributed by atoms with Gasteiger partial charge in [0.1, 0.15) is 11.6 Å². The Morgan fingerprint density at radius 1 is 1.23 bits per heavy atom. The second-order valence-electron chi connectivity index (χ2n) is 4.68. The quantitative estimate of drug-likeness (QED) is 0.888. The fourth-order valence-corrected chi connectivity index (χ4v) is 1.85. The number of primary amides is 1. The molecule has 2 rings (SSSR count). The Kier molecular flexibility index (Phi) is 4.73. The van der Waals surface area contributed by atoms with Crippen LogP contribution in [0, 0.1) is 12.7 Å². The molecule has 0 saturated heterocycles. The normalized spacial score (nSPS) is 10.1. The first-order chi connectivity index (χ1) is 10.5. The molecule has 2 amide bonds. The van der Waals surface area contributed by atoms with Crippen LogP contribution in [0.5, 0.6) is 5.75 Å². The number of para-hydroxylation sites is 1. The van der Waals surface area contributed by atoms with Crippen molar-refractivity contribution in [2.45, 2.75) is 6.92 Å². The summed E-state index contributed by atoms with van der Waals surface area (Å²) in [5, 5.41) is 2.40. The topological polar surface area (TPSA) is 81.4 Å². The average molecular weight is 302 g/mol. The van der Waals surface area contributed by atoms with Crippen LogP contribution in [-0.4, -0.2) is 18.4 Å². The monoisotopic (exact) mass is 302 g/mol. The minimum atomic E-state index is -0.652. The Morgan fingerprint density at radius 2 is 1.95 bits per heavy atom. The van der Waals surface area contributed by atoms with Crippen LogP contribution in [0.4, 0.5) is 10.1 Å². The number of benzene rings is 2. The summed E-state index contributed by atoms with van der Waals surface area (Å²) in [5.74, 6) is -1.51. The van der Waals surface area contributed by atoms with Gasteiger partial charge >= 0.3 is 0 Å². The van der Waals surface area contributed by atoms with Gasteiger partial charge in [0.05, 0.1) is 11.3 Å². The molecule has 22 heavy (non-hydrogen) atoms. The van der Waals surface area contributed by atoms with Crippen LogP contribution in [0.3, 0.4) is 0 Å². The highest BCUT2D eigenvalue weighted by Gasteiger charge is 2.11. The third-order valence-corrected chi connectivity index (χ3v) is 2.91. The summed E-state index contributed by atoms with van der Waals surface area (Å²) in [6.07, 6.45) is 0. The van der Waals surface area contributed by atoms with E-state index in [2.05, 4.69) is 5.32 Å². The van der Waals surface area contributed by atoms with Gasteiger partial charge in [0.2, 0.25) is 0 Å². The van der Waals surface area contributed by atoms with Gasteiger partial charge in [0.15, 0.2) is 6.61 Å². The fraction of sp³-hybridized carbons (Fsp3) is 0.125. The Labute approximate surface area is 126 Å². The van der Waals surface area contributed by atoms with Crippen molar-refractivity contribution in [2.75, 3.05) is 11.9 Å². The number of carbonyl (C=O) groups is 2. The van der Waals surface area contributed by atoms with Gasteiger partial charge in [-0.2, -0.15) is 0 Å². The maximum Gasteiger partial charge on any atom is 0.262 e. The lowest BCUT2D eigenvalue weighted by atomic mass is 10.2. The molecule has 0 aliphatic carbocycles. The van der Waals surface area contributed by atoms with E-state index in [4.69, 9.17) is 10.5 Å². The zero-order chi connectivity index (χ0) is 16.1.